The van der Waals surface area contributed by atoms with Crippen molar-refractivity contribution < 1.29 is 16.8 Å². The molecule has 0 aliphatic rings. The van der Waals surface area contributed by atoms with Crippen LogP contribution in [0.2, 0.25) is 0 Å². The van der Waals surface area contributed by atoms with Gasteiger partial charge in [0.25, 0.3) is 0 Å². The third-order valence-corrected chi connectivity index (χ3v) is 5.80. The van der Waals surface area contributed by atoms with Crippen LogP contribution in [0.5, 0.6) is 0 Å². The standard InChI is InChI=1S/C4H11NO4S2/c1-3-10(6,7)4(2)11(5,8)9/h4H,3H2,1-2H3,(H2,5,8,9). The van der Waals surface area contributed by atoms with Crippen LogP contribution in [-0.4, -0.2) is 27.2 Å². The van der Waals surface area contributed by atoms with E-state index in [9.17, 15) is 16.8 Å². The molecular formula is C4H11NO4S2. The zero-order chi connectivity index (χ0) is 9.28. The number of hydrogen-bond acceptors (Lipinski definition) is 4. The minimum Gasteiger partial charge on any atom is -0.228 e. The summed E-state index contributed by atoms with van der Waals surface area (Å²) in [5, 5.41) is 4.63. The first-order valence-corrected chi connectivity index (χ1v) is 6.27. The van der Waals surface area contributed by atoms with Gasteiger partial charge in [-0.25, -0.2) is 22.0 Å². The first-order chi connectivity index (χ1) is 4.72. The van der Waals surface area contributed by atoms with Crippen molar-refractivity contribution >= 4 is 19.9 Å². The maximum atomic E-state index is 10.9. The number of hydrogen-bond donors (Lipinski definition) is 1. The molecular weight excluding hydrogens is 190 g/mol. The molecule has 7 heteroatoms. The van der Waals surface area contributed by atoms with Gasteiger partial charge in [0, 0.05) is 5.75 Å². The van der Waals surface area contributed by atoms with Gasteiger partial charge in [0.15, 0.2) is 14.4 Å². The van der Waals surface area contributed by atoms with Crippen LogP contribution in [0.15, 0.2) is 0 Å². The molecule has 0 aromatic carbocycles. The van der Waals surface area contributed by atoms with Crippen LogP contribution in [0.25, 0.3) is 0 Å². The van der Waals surface area contributed by atoms with Gasteiger partial charge in [0.05, 0.1) is 0 Å². The highest BCUT2D eigenvalue weighted by Crippen LogP contribution is 2.05. The molecule has 0 saturated heterocycles. The molecule has 0 saturated carbocycles. The van der Waals surface area contributed by atoms with Crippen molar-refractivity contribution in [3.05, 3.63) is 0 Å². The Balaban J connectivity index is 4.96. The van der Waals surface area contributed by atoms with Gasteiger partial charge >= 0.3 is 0 Å². The molecule has 5 nitrogen and oxygen atoms in total. The molecule has 0 fully saturated rings. The molecule has 68 valence electrons. The van der Waals surface area contributed by atoms with Gasteiger partial charge in [0.1, 0.15) is 0 Å². The van der Waals surface area contributed by atoms with Crippen molar-refractivity contribution in [2.75, 3.05) is 5.75 Å². The lowest BCUT2D eigenvalue weighted by Crippen LogP contribution is -2.33. The van der Waals surface area contributed by atoms with E-state index in [4.69, 9.17) is 0 Å². The Kier molecular flexibility index (Phi) is 3.04. The molecule has 0 spiro atoms. The van der Waals surface area contributed by atoms with Crippen LogP contribution in [0, 0.1) is 0 Å². The Labute approximate surface area is 66.6 Å². The Hall–Kier alpha value is -0.140. The van der Waals surface area contributed by atoms with Crippen LogP contribution in [-0.2, 0) is 19.9 Å². The van der Waals surface area contributed by atoms with Crippen molar-refractivity contribution in [3.8, 4) is 0 Å². The molecule has 0 aliphatic carbocycles. The average molecular weight is 201 g/mol. The second-order valence-corrected chi connectivity index (χ2v) is 6.90. The fraction of sp³-hybridized carbons (Fsp3) is 1.00. The molecule has 0 heterocycles. The summed E-state index contributed by atoms with van der Waals surface area (Å²) in [7, 11) is -7.53. The maximum Gasteiger partial charge on any atom is 0.226 e. The quantitative estimate of drug-likeness (QED) is 0.637. The molecule has 1 unspecified atom stereocenters. The summed E-state index contributed by atoms with van der Waals surface area (Å²) in [4.78, 5) is 0. The Morgan fingerprint density at radius 1 is 1.27 bits per heavy atom. The van der Waals surface area contributed by atoms with Crippen molar-refractivity contribution in [3.63, 3.8) is 0 Å². The molecule has 11 heavy (non-hydrogen) atoms. The van der Waals surface area contributed by atoms with E-state index >= 15 is 0 Å². The Morgan fingerprint density at radius 2 is 1.64 bits per heavy atom. The van der Waals surface area contributed by atoms with Gasteiger partial charge in [0.2, 0.25) is 10.0 Å². The molecule has 0 radical (unpaired) electrons. The van der Waals surface area contributed by atoms with Crippen molar-refractivity contribution in [2.24, 2.45) is 5.14 Å². The van der Waals surface area contributed by atoms with E-state index in [1.54, 1.807) is 0 Å². The summed E-state index contributed by atoms with van der Waals surface area (Å²) in [6.07, 6.45) is 0. The molecule has 0 amide bonds. The van der Waals surface area contributed by atoms with Gasteiger partial charge in [-0.1, -0.05) is 6.92 Å². The first-order valence-electron chi connectivity index (χ1n) is 2.95. The van der Waals surface area contributed by atoms with Crippen molar-refractivity contribution in [1.82, 2.24) is 0 Å². The van der Waals surface area contributed by atoms with Crippen LogP contribution in [0.4, 0.5) is 0 Å². The fourth-order valence-corrected chi connectivity index (χ4v) is 2.95. The predicted octanol–water partition coefficient (Wildman–Crippen LogP) is -0.944. The topological polar surface area (TPSA) is 94.3 Å². The van der Waals surface area contributed by atoms with Gasteiger partial charge in [-0.05, 0) is 6.92 Å². The third-order valence-electron chi connectivity index (χ3n) is 1.37. The number of nitrogens with two attached hydrogens (primary N) is 1. The third kappa shape index (κ3) is 2.76. The maximum absolute atomic E-state index is 10.9. The van der Waals surface area contributed by atoms with Gasteiger partial charge in [-0.3, -0.25) is 0 Å². The molecule has 0 bridgehead atoms. The van der Waals surface area contributed by atoms with E-state index in [-0.39, 0.29) is 5.75 Å². The van der Waals surface area contributed by atoms with Crippen LogP contribution in [0.3, 0.4) is 0 Å². The Bertz CT molecular complexity index is 314. The van der Waals surface area contributed by atoms with Crippen LogP contribution >= 0.6 is 0 Å². The minimum absolute atomic E-state index is 0.218. The monoisotopic (exact) mass is 201 g/mol. The highest BCUT2D eigenvalue weighted by molar-refractivity contribution is 8.08. The SMILES string of the molecule is CCS(=O)(=O)C(C)S(N)(=O)=O. The van der Waals surface area contributed by atoms with E-state index < -0.39 is 24.4 Å². The molecule has 2 N–H and O–H groups in total. The highest BCUT2D eigenvalue weighted by Gasteiger charge is 2.28. The minimum atomic E-state index is -3.96. The van der Waals surface area contributed by atoms with E-state index in [2.05, 4.69) is 5.14 Å². The lowest BCUT2D eigenvalue weighted by Gasteiger charge is -2.07. The normalized spacial score (nSPS) is 16.3. The summed E-state index contributed by atoms with van der Waals surface area (Å²) >= 11 is 0. The summed E-state index contributed by atoms with van der Waals surface area (Å²) in [6, 6.07) is 0. The first kappa shape index (κ1) is 10.9. The highest BCUT2D eigenvalue weighted by atomic mass is 32.3. The number of sulfonamides is 1. The number of rotatable bonds is 3. The fourth-order valence-electron chi connectivity index (χ4n) is 0.439. The van der Waals surface area contributed by atoms with E-state index in [1.807, 2.05) is 0 Å². The summed E-state index contributed by atoms with van der Waals surface area (Å²) in [6.45, 7) is 2.44. The number of primary sulfonamides is 1. The lowest BCUT2D eigenvalue weighted by molar-refractivity contribution is 0.579. The van der Waals surface area contributed by atoms with E-state index in [0.29, 0.717) is 0 Å². The van der Waals surface area contributed by atoms with Crippen LogP contribution in [0.1, 0.15) is 13.8 Å². The van der Waals surface area contributed by atoms with E-state index in [0.717, 1.165) is 6.92 Å². The second kappa shape index (κ2) is 3.08. The van der Waals surface area contributed by atoms with Gasteiger partial charge in [-0.15, -0.1) is 0 Å². The average Bonchev–Trinajstić information content (AvgIpc) is 1.84. The zero-order valence-electron chi connectivity index (χ0n) is 6.31. The predicted molar refractivity (Wildman–Crippen MR) is 42.0 cm³/mol. The number of sulfone groups is 1. The molecule has 0 aromatic heterocycles. The molecule has 0 aliphatic heterocycles. The largest absolute Gasteiger partial charge is 0.228 e. The lowest BCUT2D eigenvalue weighted by atomic mass is 10.9. The molecule has 0 aromatic rings. The van der Waals surface area contributed by atoms with Crippen LogP contribution < -0.4 is 5.14 Å². The van der Waals surface area contributed by atoms with Gasteiger partial charge < -0.3 is 0 Å². The second-order valence-electron chi connectivity index (χ2n) is 2.11. The molecule has 0 rings (SSSR count). The molecule has 1 atom stereocenters. The van der Waals surface area contributed by atoms with Crippen molar-refractivity contribution in [2.45, 2.75) is 18.4 Å². The summed E-state index contributed by atoms with van der Waals surface area (Å²) in [5.74, 6) is -0.218. The smallest absolute Gasteiger partial charge is 0.226 e. The zero-order valence-corrected chi connectivity index (χ0v) is 7.94. The summed E-state index contributed by atoms with van der Waals surface area (Å²) in [5.41, 5.74) is 0. The Morgan fingerprint density at radius 3 is 1.73 bits per heavy atom. The van der Waals surface area contributed by atoms with Gasteiger partial charge in [-0.2, -0.15) is 0 Å². The van der Waals surface area contributed by atoms with E-state index in [1.165, 1.54) is 6.92 Å². The van der Waals surface area contributed by atoms with Crippen molar-refractivity contribution in [1.29, 1.82) is 0 Å². The summed E-state index contributed by atoms with van der Waals surface area (Å²) < 4.78 is 41.3.